The highest BCUT2D eigenvalue weighted by molar-refractivity contribution is 6.30. The number of amides is 1. The number of nitrogens with one attached hydrogen (secondary N) is 1. The van der Waals surface area contributed by atoms with E-state index in [0.717, 1.165) is 22.6 Å². The summed E-state index contributed by atoms with van der Waals surface area (Å²) in [7, 11) is 0. The van der Waals surface area contributed by atoms with Crippen molar-refractivity contribution in [3.63, 3.8) is 0 Å². The Morgan fingerprint density at radius 1 is 1.03 bits per heavy atom. The zero-order chi connectivity index (χ0) is 20.2. The van der Waals surface area contributed by atoms with Crippen molar-refractivity contribution in [2.45, 2.75) is 6.54 Å². The second-order valence-electron chi connectivity index (χ2n) is 6.43. The molecule has 4 aromatic rings. The van der Waals surface area contributed by atoms with Gasteiger partial charge in [0.2, 0.25) is 0 Å². The van der Waals surface area contributed by atoms with Gasteiger partial charge >= 0.3 is 0 Å². The molecule has 0 aliphatic heterocycles. The summed E-state index contributed by atoms with van der Waals surface area (Å²) in [5.41, 5.74) is 9.86. The van der Waals surface area contributed by atoms with Gasteiger partial charge in [0.15, 0.2) is 0 Å². The van der Waals surface area contributed by atoms with Crippen LogP contribution in [0.15, 0.2) is 79.0 Å². The normalized spacial score (nSPS) is 10.7. The van der Waals surface area contributed by atoms with Gasteiger partial charge in [0.25, 0.3) is 5.91 Å². The lowest BCUT2D eigenvalue weighted by atomic mass is 10.1. The fourth-order valence-corrected chi connectivity index (χ4v) is 3.11. The van der Waals surface area contributed by atoms with Crippen molar-refractivity contribution < 1.29 is 4.79 Å². The van der Waals surface area contributed by atoms with Crippen LogP contribution in [-0.2, 0) is 6.54 Å². The smallest absolute Gasteiger partial charge is 0.251 e. The molecule has 0 aliphatic rings. The minimum atomic E-state index is -0.171. The maximum absolute atomic E-state index is 12.4. The summed E-state index contributed by atoms with van der Waals surface area (Å²) in [6.07, 6.45) is 1.70. The molecule has 0 fully saturated rings. The van der Waals surface area contributed by atoms with Gasteiger partial charge in [-0.1, -0.05) is 29.8 Å². The van der Waals surface area contributed by atoms with Crippen LogP contribution >= 0.6 is 11.6 Å². The Morgan fingerprint density at radius 2 is 1.86 bits per heavy atom. The van der Waals surface area contributed by atoms with Gasteiger partial charge in [0, 0.05) is 28.4 Å². The van der Waals surface area contributed by atoms with Crippen molar-refractivity contribution in [3.8, 4) is 16.9 Å². The van der Waals surface area contributed by atoms with Crippen LogP contribution in [0.1, 0.15) is 16.1 Å². The standard InChI is InChI=1S/C22H18ClN5O/c23-17-5-3-4-16(12-17)20-13-21(24)28(27-20)19-9-7-15(8-10-19)22(29)26-14-18-6-1-2-11-25-18/h1-13H,14,24H2,(H,26,29). The molecule has 3 N–H and O–H groups in total. The third-order valence-electron chi connectivity index (χ3n) is 4.39. The van der Waals surface area contributed by atoms with E-state index in [2.05, 4.69) is 15.4 Å². The summed E-state index contributed by atoms with van der Waals surface area (Å²) in [5.74, 6) is 0.322. The molecular formula is C22H18ClN5O. The molecule has 7 heteroatoms. The summed E-state index contributed by atoms with van der Waals surface area (Å²) >= 11 is 6.06. The second-order valence-corrected chi connectivity index (χ2v) is 6.86. The molecule has 29 heavy (non-hydrogen) atoms. The van der Waals surface area contributed by atoms with Gasteiger partial charge < -0.3 is 11.1 Å². The van der Waals surface area contributed by atoms with Crippen LogP contribution in [0.2, 0.25) is 5.02 Å². The number of carbonyl (C=O) groups excluding carboxylic acids is 1. The number of aromatic nitrogens is 3. The molecule has 0 unspecified atom stereocenters. The molecule has 0 spiro atoms. The number of benzene rings is 2. The monoisotopic (exact) mass is 403 g/mol. The molecule has 1 amide bonds. The zero-order valence-electron chi connectivity index (χ0n) is 15.4. The molecule has 4 rings (SSSR count). The van der Waals surface area contributed by atoms with Crippen LogP contribution in [0.5, 0.6) is 0 Å². The van der Waals surface area contributed by atoms with Crippen molar-refractivity contribution in [1.29, 1.82) is 0 Å². The first kappa shape index (κ1) is 18.7. The number of nitrogens with zero attached hydrogens (tertiary/aromatic N) is 3. The summed E-state index contributed by atoms with van der Waals surface area (Å²) in [6, 6.07) is 21.9. The molecule has 0 bridgehead atoms. The number of pyridine rings is 1. The van der Waals surface area contributed by atoms with Crippen LogP contribution in [0.3, 0.4) is 0 Å². The lowest BCUT2D eigenvalue weighted by molar-refractivity contribution is 0.0950. The number of hydrogen-bond donors (Lipinski definition) is 2. The lowest BCUT2D eigenvalue weighted by Crippen LogP contribution is -2.23. The van der Waals surface area contributed by atoms with E-state index in [1.807, 2.05) is 42.5 Å². The van der Waals surface area contributed by atoms with Gasteiger partial charge in [-0.05, 0) is 48.5 Å². The zero-order valence-corrected chi connectivity index (χ0v) is 16.2. The maximum atomic E-state index is 12.4. The molecule has 0 saturated heterocycles. The Hall–Kier alpha value is -3.64. The number of halogens is 1. The molecule has 144 valence electrons. The van der Waals surface area contributed by atoms with E-state index >= 15 is 0 Å². The van der Waals surface area contributed by atoms with Crippen LogP contribution in [-0.4, -0.2) is 20.7 Å². The van der Waals surface area contributed by atoms with Gasteiger partial charge in [-0.15, -0.1) is 0 Å². The SMILES string of the molecule is Nc1cc(-c2cccc(Cl)c2)nn1-c1ccc(C(=O)NCc2ccccn2)cc1. The Morgan fingerprint density at radius 3 is 2.59 bits per heavy atom. The van der Waals surface area contributed by atoms with E-state index in [0.29, 0.717) is 22.9 Å². The van der Waals surface area contributed by atoms with Crippen molar-refractivity contribution in [2.75, 3.05) is 5.73 Å². The number of nitrogen functional groups attached to an aromatic ring is 1. The highest BCUT2D eigenvalue weighted by Crippen LogP contribution is 2.25. The highest BCUT2D eigenvalue weighted by atomic mass is 35.5. The predicted molar refractivity (Wildman–Crippen MR) is 114 cm³/mol. The van der Waals surface area contributed by atoms with Gasteiger partial charge in [0.1, 0.15) is 5.82 Å². The van der Waals surface area contributed by atoms with Gasteiger partial charge in [0.05, 0.1) is 23.6 Å². The van der Waals surface area contributed by atoms with Gasteiger partial charge in [-0.25, -0.2) is 4.68 Å². The van der Waals surface area contributed by atoms with E-state index in [1.165, 1.54) is 0 Å². The fraction of sp³-hybridized carbons (Fsp3) is 0.0455. The summed E-state index contributed by atoms with van der Waals surface area (Å²) in [5, 5.41) is 8.06. The number of rotatable bonds is 5. The van der Waals surface area contributed by atoms with E-state index in [1.54, 1.807) is 41.2 Å². The maximum Gasteiger partial charge on any atom is 0.251 e. The third-order valence-corrected chi connectivity index (χ3v) is 4.62. The average molecular weight is 404 g/mol. The third kappa shape index (κ3) is 4.28. The van der Waals surface area contributed by atoms with Crippen LogP contribution in [0, 0.1) is 0 Å². The predicted octanol–water partition coefficient (Wildman–Crippen LogP) is 4.10. The van der Waals surface area contributed by atoms with Crippen molar-refractivity contribution >= 4 is 23.3 Å². The van der Waals surface area contributed by atoms with Crippen LogP contribution < -0.4 is 11.1 Å². The molecule has 2 heterocycles. The molecule has 2 aromatic carbocycles. The average Bonchev–Trinajstić information content (AvgIpc) is 3.14. The van der Waals surface area contributed by atoms with Crippen molar-refractivity contribution in [1.82, 2.24) is 20.1 Å². The molecule has 2 aromatic heterocycles. The second kappa shape index (κ2) is 8.16. The lowest BCUT2D eigenvalue weighted by Gasteiger charge is -2.07. The first-order valence-electron chi connectivity index (χ1n) is 9.00. The molecule has 0 radical (unpaired) electrons. The Kier molecular flexibility index (Phi) is 5.27. The Balaban J connectivity index is 1.50. The topological polar surface area (TPSA) is 85.8 Å². The van der Waals surface area contributed by atoms with E-state index < -0.39 is 0 Å². The molecular weight excluding hydrogens is 386 g/mol. The van der Waals surface area contributed by atoms with E-state index in [4.69, 9.17) is 17.3 Å². The fourth-order valence-electron chi connectivity index (χ4n) is 2.92. The number of hydrogen-bond acceptors (Lipinski definition) is 4. The Bertz CT molecular complexity index is 1140. The van der Waals surface area contributed by atoms with E-state index in [9.17, 15) is 4.79 Å². The summed E-state index contributed by atoms with van der Waals surface area (Å²) in [6.45, 7) is 0.372. The number of anilines is 1. The minimum Gasteiger partial charge on any atom is -0.384 e. The van der Waals surface area contributed by atoms with Gasteiger partial charge in [-0.3, -0.25) is 9.78 Å². The highest BCUT2D eigenvalue weighted by Gasteiger charge is 2.11. The van der Waals surface area contributed by atoms with Crippen molar-refractivity contribution in [3.05, 3.63) is 95.3 Å². The van der Waals surface area contributed by atoms with Crippen molar-refractivity contribution in [2.24, 2.45) is 0 Å². The Labute approximate surface area is 173 Å². The molecule has 0 saturated carbocycles. The van der Waals surface area contributed by atoms with Gasteiger partial charge in [-0.2, -0.15) is 5.10 Å². The number of carbonyl (C=O) groups is 1. The summed E-state index contributed by atoms with van der Waals surface area (Å²) in [4.78, 5) is 16.5. The minimum absolute atomic E-state index is 0.171. The van der Waals surface area contributed by atoms with Crippen LogP contribution in [0.25, 0.3) is 16.9 Å². The first-order valence-corrected chi connectivity index (χ1v) is 9.38. The van der Waals surface area contributed by atoms with E-state index in [-0.39, 0.29) is 5.91 Å². The first-order chi connectivity index (χ1) is 14.1. The quantitative estimate of drug-likeness (QED) is 0.525. The summed E-state index contributed by atoms with van der Waals surface area (Å²) < 4.78 is 1.63. The molecule has 6 nitrogen and oxygen atoms in total. The van der Waals surface area contributed by atoms with Crippen LogP contribution in [0.4, 0.5) is 5.82 Å². The number of nitrogens with two attached hydrogens (primary N) is 1. The molecule has 0 atom stereocenters. The molecule has 0 aliphatic carbocycles. The largest absolute Gasteiger partial charge is 0.384 e.